The van der Waals surface area contributed by atoms with Crippen LogP contribution in [-0.2, 0) is 11.3 Å². The fourth-order valence-corrected chi connectivity index (χ4v) is 1.19. The van der Waals surface area contributed by atoms with Gasteiger partial charge >= 0.3 is 6.09 Å². The number of aryl methyl sites for hydroxylation is 1. The number of nitrogens with one attached hydrogen (secondary N) is 1. The van der Waals surface area contributed by atoms with Gasteiger partial charge in [0.2, 0.25) is 0 Å². The van der Waals surface area contributed by atoms with Crippen molar-refractivity contribution < 1.29 is 22.8 Å². The summed E-state index contributed by atoms with van der Waals surface area (Å²) in [7, 11) is 0. The number of alkyl carbamates (subject to hydrolysis) is 1. The monoisotopic (exact) mass is 240 g/mol. The van der Waals surface area contributed by atoms with Crippen LogP contribution in [0.15, 0.2) is 24.3 Å². The van der Waals surface area contributed by atoms with Gasteiger partial charge in [-0.15, -0.1) is 0 Å². The van der Waals surface area contributed by atoms with Crippen molar-refractivity contribution in [3.05, 3.63) is 35.4 Å². The quantitative estimate of drug-likeness (QED) is 0.839. The summed E-state index contributed by atoms with van der Waals surface area (Å²) in [6.45, 7) is 8.07. The summed E-state index contributed by atoms with van der Waals surface area (Å²) in [5, 5.41) is 2.71. The lowest BCUT2D eigenvalue weighted by atomic mass is 10.1. The SMILES string of the molecule is Cc1ccc(CNC(=O)OC(C)(C)C)cc1.[2HH].[2H][2H].[2H][2H].[2H][2H].[2H][2H]. The lowest BCUT2D eigenvalue weighted by Crippen LogP contribution is -2.32. The van der Waals surface area contributed by atoms with Gasteiger partial charge in [0.15, 0.2) is 0 Å². The molecule has 0 aliphatic heterocycles. The first-order chi connectivity index (χ1) is 11.4. The number of rotatable bonds is 2. The molecular weight excluding hydrogens is 202 g/mol. The minimum atomic E-state index is -0.447. The maximum absolute atomic E-state index is 11.4. The van der Waals surface area contributed by atoms with Crippen LogP contribution >= 0.6 is 0 Å². The molecular formula is C13H29NO2. The van der Waals surface area contributed by atoms with E-state index in [1.54, 1.807) is 0 Å². The molecule has 0 saturated heterocycles. The summed E-state index contributed by atoms with van der Waals surface area (Å²) >= 11 is 0. The molecule has 1 amide bonds. The van der Waals surface area contributed by atoms with Crippen LogP contribution in [0.25, 0.3) is 0 Å². The zero-order chi connectivity index (χ0) is 20.2. The average molecular weight is 240 g/mol. The molecule has 0 saturated carbocycles. The summed E-state index contributed by atoms with van der Waals surface area (Å²) in [5.74, 6) is 0. The fourth-order valence-electron chi connectivity index (χ4n) is 1.19. The third-order valence-corrected chi connectivity index (χ3v) is 1.96. The molecule has 98 valence electrons. The molecule has 0 spiro atoms. The van der Waals surface area contributed by atoms with E-state index in [1.807, 2.05) is 52.0 Å². The molecule has 0 radical (unpaired) electrons. The molecule has 0 bridgehead atoms. The Bertz CT molecular complexity index is 373. The van der Waals surface area contributed by atoms with E-state index in [0.717, 1.165) is 5.56 Å². The molecule has 0 heterocycles. The van der Waals surface area contributed by atoms with Crippen molar-refractivity contribution in [1.29, 1.82) is 0 Å². The van der Waals surface area contributed by atoms with E-state index in [0.29, 0.717) is 6.54 Å². The minimum absolute atomic E-state index is 0. The van der Waals surface area contributed by atoms with E-state index in [2.05, 4.69) is 5.32 Å². The van der Waals surface area contributed by atoms with Crippen molar-refractivity contribution in [2.75, 3.05) is 0 Å². The Hall–Kier alpha value is -1.51. The second kappa shape index (κ2) is 5.01. The highest BCUT2D eigenvalue weighted by atomic mass is 16.6. The number of carbonyl (C=O) groups excluding carboxylic acids is 1. The number of hydrogen-bond acceptors (Lipinski definition) is 2. The average Bonchev–Trinajstić information content (AvgIpc) is 2.60. The fraction of sp³-hybridized carbons (Fsp3) is 0.462. The molecule has 1 aromatic carbocycles. The molecule has 16 heavy (non-hydrogen) atoms. The largest absolute Gasteiger partial charge is 0.444 e. The Morgan fingerprint density at radius 2 is 1.94 bits per heavy atom. The highest BCUT2D eigenvalue weighted by molar-refractivity contribution is 5.67. The topological polar surface area (TPSA) is 38.3 Å². The number of amides is 1. The van der Waals surface area contributed by atoms with Crippen LogP contribution in [0.5, 0.6) is 0 Å². The maximum atomic E-state index is 11.4. The Balaban J connectivity index is -0.000000130. The first-order valence-electron chi connectivity index (χ1n) is 9.39. The molecule has 0 fully saturated rings. The predicted octanol–water partition coefficient (Wildman–Crippen LogP) is 4.25. The molecule has 0 aliphatic carbocycles. The van der Waals surface area contributed by atoms with E-state index in [-0.39, 0.29) is 7.52 Å². The van der Waals surface area contributed by atoms with Crippen molar-refractivity contribution in [2.45, 2.75) is 39.8 Å². The molecule has 1 aromatic rings. The molecule has 0 unspecified atom stereocenters. The maximum Gasteiger partial charge on any atom is 0.407 e. The number of ether oxygens (including phenoxy) is 1. The minimum Gasteiger partial charge on any atom is -0.444 e. The second-order valence-corrected chi connectivity index (χ2v) is 4.84. The van der Waals surface area contributed by atoms with Crippen LogP contribution in [0, 0.1) is 6.92 Å². The number of hydrogen-bond donors (Lipinski definition) is 1. The van der Waals surface area contributed by atoms with Crippen molar-refractivity contribution in [3.63, 3.8) is 0 Å². The standard InChI is InChI=1S/C13H19NO2.5H2/c1-10-5-7-11(8-6-10)9-14-12(15)16-13(2,3)4;;;;;/h5-8H,9H2,1-4H3,(H,14,15);5*1H/i;4*1+1D;1+1. The first-order valence-corrected chi connectivity index (χ1v) is 5.39. The molecule has 0 atom stereocenters. The van der Waals surface area contributed by atoms with Crippen LogP contribution in [0.2, 0.25) is 0 Å². The van der Waals surface area contributed by atoms with Crippen molar-refractivity contribution in [2.24, 2.45) is 0 Å². The predicted molar refractivity (Wildman–Crippen MR) is 74.8 cm³/mol. The molecule has 1 rings (SSSR count). The lowest BCUT2D eigenvalue weighted by Gasteiger charge is -2.19. The second-order valence-electron chi connectivity index (χ2n) is 4.84. The number of carbonyl (C=O) groups is 1. The normalized spacial score (nSPS) is 13.0. The Kier molecular flexibility index (Phi) is 2.42. The van der Waals surface area contributed by atoms with Crippen LogP contribution in [0.3, 0.4) is 0 Å². The van der Waals surface area contributed by atoms with Gasteiger partial charge < -0.3 is 10.1 Å². The van der Waals surface area contributed by atoms with Gasteiger partial charge in [0.1, 0.15) is 5.60 Å². The summed E-state index contributed by atoms with van der Waals surface area (Å²) in [6.07, 6.45) is -0.381. The van der Waals surface area contributed by atoms with Gasteiger partial charge in [-0.3, -0.25) is 0 Å². The van der Waals surface area contributed by atoms with E-state index >= 15 is 0 Å². The van der Waals surface area contributed by atoms with Crippen molar-refractivity contribution in [3.8, 4) is 0 Å². The van der Waals surface area contributed by atoms with Gasteiger partial charge in [0.25, 0.3) is 0 Å². The van der Waals surface area contributed by atoms with Crippen LogP contribution < -0.4 is 5.32 Å². The molecule has 0 aliphatic rings. The van der Waals surface area contributed by atoms with Crippen LogP contribution in [-0.4, -0.2) is 11.7 Å². The van der Waals surface area contributed by atoms with Gasteiger partial charge in [0.05, 0.1) is 0 Å². The highest BCUT2D eigenvalue weighted by Crippen LogP contribution is 2.07. The van der Waals surface area contributed by atoms with Gasteiger partial charge in [-0.1, -0.05) is 29.8 Å². The van der Waals surface area contributed by atoms with E-state index < -0.39 is 5.60 Å². The van der Waals surface area contributed by atoms with Gasteiger partial charge in [-0.05, 0) is 33.3 Å². The summed E-state index contributed by atoms with van der Waals surface area (Å²) in [6, 6.07) is 8.03. The van der Waals surface area contributed by atoms with Crippen molar-refractivity contribution in [1.82, 2.24) is 5.32 Å². The molecule has 0 aromatic heterocycles. The van der Waals surface area contributed by atoms with Gasteiger partial charge in [0, 0.05) is 19.8 Å². The Labute approximate surface area is 111 Å². The van der Waals surface area contributed by atoms with E-state index in [9.17, 15) is 4.79 Å². The molecule has 1 N–H and O–H groups in total. The zero-order valence-corrected chi connectivity index (χ0v) is 10.3. The third-order valence-electron chi connectivity index (χ3n) is 1.96. The number of benzene rings is 1. The van der Waals surface area contributed by atoms with E-state index in [4.69, 9.17) is 16.6 Å². The molecule has 3 heteroatoms. The smallest absolute Gasteiger partial charge is 0.407 e. The van der Waals surface area contributed by atoms with Crippen LogP contribution in [0.4, 0.5) is 4.79 Å². The third kappa shape index (κ3) is 4.82. The summed E-state index contributed by atoms with van der Waals surface area (Å²) in [4.78, 5) is 11.4. The van der Waals surface area contributed by atoms with E-state index in [1.165, 1.54) is 5.56 Å². The van der Waals surface area contributed by atoms with Crippen LogP contribution in [0.1, 0.15) is 45.2 Å². The Morgan fingerprint density at radius 3 is 2.44 bits per heavy atom. The lowest BCUT2D eigenvalue weighted by molar-refractivity contribution is 0.0523. The van der Waals surface area contributed by atoms with Gasteiger partial charge in [-0.2, -0.15) is 0 Å². The summed E-state index contributed by atoms with van der Waals surface area (Å²) in [5.41, 5.74) is 1.83. The summed E-state index contributed by atoms with van der Waals surface area (Å²) < 4.78 is 45.1. The Morgan fingerprint density at radius 1 is 1.38 bits per heavy atom. The first kappa shape index (κ1) is 7.71. The highest BCUT2D eigenvalue weighted by Gasteiger charge is 2.15. The van der Waals surface area contributed by atoms with Gasteiger partial charge in [-0.25, -0.2) is 4.79 Å². The molecule has 3 nitrogen and oxygen atoms in total. The van der Waals surface area contributed by atoms with Crippen molar-refractivity contribution >= 4 is 6.09 Å². The zero-order valence-electron chi connectivity index (χ0n) is 18.3.